The minimum atomic E-state index is 0. The summed E-state index contributed by atoms with van der Waals surface area (Å²) in [6, 6.07) is 0. The molecule has 0 spiro atoms. The molecular formula is CH4AlNSi. The molecule has 0 bridgehead atoms. The van der Waals surface area contributed by atoms with Crippen LogP contribution in [0.4, 0.5) is 0 Å². The Hall–Kier alpha value is 0.709. The van der Waals surface area contributed by atoms with Crippen LogP contribution in [0.2, 0.25) is 0 Å². The Morgan fingerprint density at radius 1 is 1.00 bits per heavy atom. The van der Waals surface area contributed by atoms with E-state index in [-0.39, 0.29) is 41.9 Å². The molecule has 1 nitrogen and oxygen atoms in total. The van der Waals surface area contributed by atoms with E-state index in [0.29, 0.717) is 0 Å². The van der Waals surface area contributed by atoms with Crippen molar-refractivity contribution in [2.24, 2.45) is 0 Å². The monoisotopic (exact) mass is 85.0 g/mol. The first-order chi connectivity index (χ1) is 0. The smallest absolute Gasteiger partial charge is 3.00 e. The van der Waals surface area contributed by atoms with Gasteiger partial charge < -0.3 is 6.15 Å². The van der Waals surface area contributed by atoms with E-state index in [0.717, 1.165) is 0 Å². The number of nitrogens with zero attached hydrogens (tertiary/aromatic N) is 1. The van der Waals surface area contributed by atoms with Crippen molar-refractivity contribution in [1.29, 1.82) is 0 Å². The van der Waals surface area contributed by atoms with Gasteiger partial charge in [-0.25, -0.2) is 0 Å². The maximum Gasteiger partial charge on any atom is 3.00 e. The molecule has 0 rings (SSSR count). The largest absolute Gasteiger partial charge is 3.00 e. The SMILES string of the molecule is [Al+3].[C].[N-3].[SiH4]. The standard InChI is InChI=1S/C.Al.N.H4Si/h;;;1H4/q;+3;-3;. The average molecular weight is 85.1 g/mol. The summed E-state index contributed by atoms with van der Waals surface area (Å²) in [5, 5.41) is 0. The maximum atomic E-state index is 0. The molecule has 0 aliphatic rings. The van der Waals surface area contributed by atoms with Crippen LogP contribution in [0.25, 0.3) is 6.15 Å². The molecule has 4 heavy (non-hydrogen) atoms. The first-order valence-electron chi connectivity index (χ1n) is 0. The van der Waals surface area contributed by atoms with E-state index in [1.807, 2.05) is 0 Å². The van der Waals surface area contributed by atoms with Gasteiger partial charge in [0.25, 0.3) is 0 Å². The molecule has 0 aromatic carbocycles. The second kappa shape index (κ2) is 54.1. The van der Waals surface area contributed by atoms with Gasteiger partial charge in [-0.2, -0.15) is 0 Å². The molecular weight excluding hydrogens is 81.1 g/mol. The van der Waals surface area contributed by atoms with Crippen molar-refractivity contribution in [3.63, 3.8) is 0 Å². The summed E-state index contributed by atoms with van der Waals surface area (Å²) in [6.45, 7) is 0. The summed E-state index contributed by atoms with van der Waals surface area (Å²) in [6.07, 6.45) is 0. The van der Waals surface area contributed by atoms with Crippen LogP contribution >= 0.6 is 0 Å². The van der Waals surface area contributed by atoms with E-state index < -0.39 is 0 Å². The van der Waals surface area contributed by atoms with Gasteiger partial charge in [0, 0.05) is 7.43 Å². The van der Waals surface area contributed by atoms with E-state index in [1.165, 1.54) is 0 Å². The van der Waals surface area contributed by atoms with Crippen molar-refractivity contribution in [1.82, 2.24) is 0 Å². The van der Waals surface area contributed by atoms with Gasteiger partial charge >= 0.3 is 17.4 Å². The van der Waals surface area contributed by atoms with Crippen LogP contribution in [0.15, 0.2) is 0 Å². The molecule has 20 valence electrons. The molecule has 4 radical (unpaired) electrons. The molecule has 0 aliphatic heterocycles. The zero-order valence-corrected chi connectivity index (χ0v) is 2.68. The molecule has 0 aromatic rings. The molecule has 0 atom stereocenters. The first-order valence-corrected chi connectivity index (χ1v) is 0. The van der Waals surface area contributed by atoms with Gasteiger partial charge in [-0.05, 0) is 11.0 Å². The summed E-state index contributed by atoms with van der Waals surface area (Å²) in [7, 11) is 0. The van der Waals surface area contributed by atoms with E-state index in [2.05, 4.69) is 0 Å². The fourth-order valence-electron chi connectivity index (χ4n) is 0. The van der Waals surface area contributed by atoms with Gasteiger partial charge in [-0.3, -0.25) is 0 Å². The van der Waals surface area contributed by atoms with E-state index in [4.69, 9.17) is 0 Å². The van der Waals surface area contributed by atoms with Crippen molar-refractivity contribution in [3.05, 3.63) is 13.6 Å². The van der Waals surface area contributed by atoms with Crippen LogP contribution in [-0.4, -0.2) is 28.3 Å². The van der Waals surface area contributed by atoms with E-state index >= 15 is 0 Å². The molecule has 0 saturated carbocycles. The Balaban J connectivity index is 0. The summed E-state index contributed by atoms with van der Waals surface area (Å²) in [4.78, 5) is 0. The predicted molar refractivity (Wildman–Crippen MR) is 23.7 cm³/mol. The van der Waals surface area contributed by atoms with Gasteiger partial charge in [-0.15, -0.1) is 0 Å². The second-order valence-corrected chi connectivity index (χ2v) is 0. The Morgan fingerprint density at radius 2 is 1.00 bits per heavy atom. The van der Waals surface area contributed by atoms with Crippen molar-refractivity contribution in [3.8, 4) is 0 Å². The topological polar surface area (TPSA) is 30.5 Å². The summed E-state index contributed by atoms with van der Waals surface area (Å²) in [5.41, 5.74) is 0. The predicted octanol–water partition coefficient (Wildman–Crippen LogP) is -1.46. The molecule has 0 aliphatic carbocycles. The van der Waals surface area contributed by atoms with Crippen LogP contribution in [0.1, 0.15) is 0 Å². The summed E-state index contributed by atoms with van der Waals surface area (Å²) >= 11 is 0. The Morgan fingerprint density at radius 3 is 1.00 bits per heavy atom. The van der Waals surface area contributed by atoms with Crippen LogP contribution in [0.5, 0.6) is 0 Å². The van der Waals surface area contributed by atoms with Crippen molar-refractivity contribution >= 4 is 28.3 Å². The molecule has 0 fully saturated rings. The number of rotatable bonds is 0. The van der Waals surface area contributed by atoms with Crippen LogP contribution in [0.3, 0.4) is 0 Å². The molecule has 0 saturated heterocycles. The third-order valence-corrected chi connectivity index (χ3v) is 0. The Kier molecular flexibility index (Phi) is 1740. The zero-order chi connectivity index (χ0) is 0. The summed E-state index contributed by atoms with van der Waals surface area (Å²) < 4.78 is 0. The number of hydrogen-bond acceptors (Lipinski definition) is 0. The Labute approximate surface area is 42.5 Å². The quantitative estimate of drug-likeness (QED) is 0.322. The third kappa shape index (κ3) is 15.7. The Bertz CT molecular complexity index is 8.00. The van der Waals surface area contributed by atoms with Crippen LogP contribution < -0.4 is 0 Å². The fourth-order valence-corrected chi connectivity index (χ4v) is 0. The summed E-state index contributed by atoms with van der Waals surface area (Å²) in [5.74, 6) is 0. The normalized spacial score (nSPS) is 0. The maximum absolute atomic E-state index is 0. The van der Waals surface area contributed by atoms with Crippen molar-refractivity contribution < 1.29 is 0 Å². The molecule has 0 N–H and O–H groups in total. The van der Waals surface area contributed by atoms with E-state index in [9.17, 15) is 0 Å². The minimum Gasteiger partial charge on any atom is -3.00 e. The van der Waals surface area contributed by atoms with Gasteiger partial charge in [0.2, 0.25) is 0 Å². The molecule has 0 unspecified atom stereocenters. The zero-order valence-electron chi connectivity index (χ0n) is 1.52. The van der Waals surface area contributed by atoms with Crippen LogP contribution in [0, 0.1) is 7.43 Å². The van der Waals surface area contributed by atoms with Crippen molar-refractivity contribution in [2.45, 2.75) is 0 Å². The van der Waals surface area contributed by atoms with Crippen molar-refractivity contribution in [2.75, 3.05) is 0 Å². The molecule has 0 amide bonds. The van der Waals surface area contributed by atoms with Gasteiger partial charge in [0.1, 0.15) is 0 Å². The molecule has 3 heteroatoms. The van der Waals surface area contributed by atoms with Gasteiger partial charge in [-0.1, -0.05) is 0 Å². The van der Waals surface area contributed by atoms with Gasteiger partial charge in [0.15, 0.2) is 0 Å². The fraction of sp³-hybridized carbons (Fsp3) is 0. The molecule has 0 aromatic heterocycles. The van der Waals surface area contributed by atoms with Gasteiger partial charge in [0.05, 0.1) is 0 Å². The second-order valence-electron chi connectivity index (χ2n) is 0. The average Bonchev–Trinajstić information content (AvgIpc) is 0. The molecule has 0 heterocycles. The van der Waals surface area contributed by atoms with Crippen LogP contribution in [-0.2, 0) is 0 Å². The van der Waals surface area contributed by atoms with E-state index in [1.54, 1.807) is 0 Å². The minimum absolute atomic E-state index is 0. The number of hydrogen-bond donors (Lipinski definition) is 0. The first kappa shape index (κ1) is 129. The third-order valence-electron chi connectivity index (χ3n) is 0.